The fraction of sp³-hybridized carbons (Fsp3) is 0.682. The third kappa shape index (κ3) is 4.30. The average molecular weight is 373 g/mol. The van der Waals surface area contributed by atoms with Gasteiger partial charge in [0.2, 0.25) is 0 Å². The van der Waals surface area contributed by atoms with Gasteiger partial charge in [0, 0.05) is 30.5 Å². The molecule has 5 nitrogen and oxygen atoms in total. The van der Waals surface area contributed by atoms with Crippen LogP contribution in [0.3, 0.4) is 0 Å². The Morgan fingerprint density at radius 1 is 1.04 bits per heavy atom. The molecule has 1 aliphatic heterocycles. The molecule has 2 aliphatic carbocycles. The molecular weight excluding hydrogens is 342 g/mol. The molecule has 1 heterocycles. The zero-order valence-corrected chi connectivity index (χ0v) is 16.5. The fourth-order valence-corrected chi connectivity index (χ4v) is 4.31. The predicted octanol–water partition coefficient (Wildman–Crippen LogP) is 4.15. The first-order valence-electron chi connectivity index (χ1n) is 10.4. The van der Waals surface area contributed by atoms with E-state index in [4.69, 9.17) is 14.2 Å². The summed E-state index contributed by atoms with van der Waals surface area (Å²) in [6, 6.07) is 8.28. The quantitative estimate of drug-likeness (QED) is 0.778. The van der Waals surface area contributed by atoms with Crippen molar-refractivity contribution in [3.8, 4) is 5.75 Å². The van der Waals surface area contributed by atoms with Crippen molar-refractivity contribution >= 4 is 5.91 Å². The molecule has 0 aromatic heterocycles. The first-order valence-corrected chi connectivity index (χ1v) is 10.4. The molecule has 148 valence electrons. The SMILES string of the molecule is CC(C)Oc1ccc(C(=O)N(C2CC2)C2CCC3(CC2)OCCCO3)cc1. The van der Waals surface area contributed by atoms with E-state index in [1.807, 2.05) is 38.1 Å². The normalized spacial score (nSPS) is 22.8. The Kier molecular flexibility index (Phi) is 5.42. The second kappa shape index (κ2) is 7.80. The number of benzene rings is 1. The zero-order chi connectivity index (χ0) is 18.9. The Morgan fingerprint density at radius 3 is 2.19 bits per heavy atom. The Labute approximate surface area is 162 Å². The lowest BCUT2D eigenvalue weighted by atomic mass is 9.88. The monoisotopic (exact) mass is 373 g/mol. The van der Waals surface area contributed by atoms with Crippen molar-refractivity contribution in [3.05, 3.63) is 29.8 Å². The predicted molar refractivity (Wildman–Crippen MR) is 103 cm³/mol. The highest BCUT2D eigenvalue weighted by atomic mass is 16.7. The van der Waals surface area contributed by atoms with Crippen LogP contribution in [0.5, 0.6) is 5.75 Å². The summed E-state index contributed by atoms with van der Waals surface area (Å²) in [6.07, 6.45) is 7.03. The highest BCUT2D eigenvalue weighted by molar-refractivity contribution is 5.95. The summed E-state index contributed by atoms with van der Waals surface area (Å²) in [5, 5.41) is 0. The highest BCUT2D eigenvalue weighted by Crippen LogP contribution is 2.40. The molecule has 5 heteroatoms. The van der Waals surface area contributed by atoms with Gasteiger partial charge < -0.3 is 19.1 Å². The van der Waals surface area contributed by atoms with Crippen molar-refractivity contribution < 1.29 is 19.0 Å². The Balaban J connectivity index is 1.43. The van der Waals surface area contributed by atoms with Crippen molar-refractivity contribution in [2.75, 3.05) is 13.2 Å². The molecule has 27 heavy (non-hydrogen) atoms. The molecule has 3 fully saturated rings. The van der Waals surface area contributed by atoms with Crippen LogP contribution >= 0.6 is 0 Å². The molecule has 1 amide bonds. The van der Waals surface area contributed by atoms with Gasteiger partial charge >= 0.3 is 0 Å². The standard InChI is InChI=1S/C22H31NO4/c1-16(2)27-20-8-4-17(5-9-20)21(24)23(18-6-7-18)19-10-12-22(13-11-19)25-14-3-15-26-22/h4-5,8-9,16,18-19H,3,6-7,10-15H2,1-2H3. The van der Waals surface area contributed by atoms with E-state index in [2.05, 4.69) is 4.90 Å². The number of ether oxygens (including phenoxy) is 3. The van der Waals surface area contributed by atoms with Crippen LogP contribution in [0.25, 0.3) is 0 Å². The molecule has 1 spiro atoms. The van der Waals surface area contributed by atoms with Gasteiger partial charge in [-0.1, -0.05) is 0 Å². The van der Waals surface area contributed by atoms with Crippen molar-refractivity contribution in [2.45, 2.75) is 82.8 Å². The number of carbonyl (C=O) groups is 1. The summed E-state index contributed by atoms with van der Waals surface area (Å²) in [5.41, 5.74) is 0.753. The van der Waals surface area contributed by atoms with Crippen LogP contribution in [0.1, 0.15) is 69.2 Å². The molecule has 2 saturated carbocycles. The number of rotatable bonds is 5. The molecule has 1 aromatic rings. The van der Waals surface area contributed by atoms with Gasteiger partial charge in [0.15, 0.2) is 5.79 Å². The van der Waals surface area contributed by atoms with Gasteiger partial charge in [-0.2, -0.15) is 0 Å². The Bertz CT molecular complexity index is 637. The molecule has 4 rings (SSSR count). The van der Waals surface area contributed by atoms with E-state index in [-0.39, 0.29) is 23.8 Å². The van der Waals surface area contributed by atoms with Gasteiger partial charge in [-0.15, -0.1) is 0 Å². The largest absolute Gasteiger partial charge is 0.491 e. The van der Waals surface area contributed by atoms with Crippen molar-refractivity contribution in [1.82, 2.24) is 4.90 Å². The van der Waals surface area contributed by atoms with Crippen molar-refractivity contribution in [2.24, 2.45) is 0 Å². The molecule has 0 radical (unpaired) electrons. The van der Waals surface area contributed by atoms with E-state index in [1.165, 1.54) is 0 Å². The van der Waals surface area contributed by atoms with Crippen LogP contribution in [0.15, 0.2) is 24.3 Å². The molecule has 0 N–H and O–H groups in total. The topological polar surface area (TPSA) is 48.0 Å². The van der Waals surface area contributed by atoms with Gasteiger partial charge in [0.25, 0.3) is 5.91 Å². The highest BCUT2D eigenvalue weighted by Gasteiger charge is 2.44. The smallest absolute Gasteiger partial charge is 0.254 e. The number of nitrogens with zero attached hydrogens (tertiary/aromatic N) is 1. The summed E-state index contributed by atoms with van der Waals surface area (Å²) < 4.78 is 17.6. The number of amides is 1. The molecule has 1 saturated heterocycles. The van der Waals surface area contributed by atoms with E-state index in [0.717, 1.165) is 69.5 Å². The second-order valence-corrected chi connectivity index (χ2v) is 8.33. The minimum atomic E-state index is -0.386. The Hall–Kier alpha value is -1.59. The van der Waals surface area contributed by atoms with Crippen molar-refractivity contribution in [1.29, 1.82) is 0 Å². The molecule has 0 bridgehead atoms. The molecule has 0 atom stereocenters. The zero-order valence-electron chi connectivity index (χ0n) is 16.5. The lowest BCUT2D eigenvalue weighted by Gasteiger charge is -2.45. The van der Waals surface area contributed by atoms with Crippen LogP contribution in [0.2, 0.25) is 0 Å². The van der Waals surface area contributed by atoms with E-state index in [9.17, 15) is 4.79 Å². The maximum absolute atomic E-state index is 13.2. The second-order valence-electron chi connectivity index (χ2n) is 8.33. The van der Waals surface area contributed by atoms with Crippen molar-refractivity contribution in [3.63, 3.8) is 0 Å². The maximum atomic E-state index is 13.2. The fourth-order valence-electron chi connectivity index (χ4n) is 4.31. The van der Waals surface area contributed by atoms with Gasteiger partial charge in [-0.05, 0) is 70.2 Å². The number of hydrogen-bond acceptors (Lipinski definition) is 4. The van der Waals surface area contributed by atoms with Gasteiger partial charge in [0.05, 0.1) is 19.3 Å². The summed E-state index contributed by atoms with van der Waals surface area (Å²) in [4.78, 5) is 15.4. The average Bonchev–Trinajstić information content (AvgIpc) is 3.49. The minimum Gasteiger partial charge on any atom is -0.491 e. The summed E-state index contributed by atoms with van der Waals surface area (Å²) in [5.74, 6) is 0.578. The van der Waals surface area contributed by atoms with E-state index in [1.54, 1.807) is 0 Å². The van der Waals surface area contributed by atoms with E-state index < -0.39 is 0 Å². The number of hydrogen-bond donors (Lipinski definition) is 0. The lowest BCUT2D eigenvalue weighted by Crippen LogP contribution is -2.50. The first kappa shape index (κ1) is 18.8. The maximum Gasteiger partial charge on any atom is 0.254 e. The van der Waals surface area contributed by atoms with Crippen LogP contribution in [-0.2, 0) is 9.47 Å². The lowest BCUT2D eigenvalue weighted by molar-refractivity contribution is -0.282. The van der Waals surface area contributed by atoms with Crippen LogP contribution in [-0.4, -0.2) is 48.0 Å². The summed E-state index contributed by atoms with van der Waals surface area (Å²) >= 11 is 0. The van der Waals surface area contributed by atoms with Gasteiger partial charge in [-0.25, -0.2) is 0 Å². The summed E-state index contributed by atoms with van der Waals surface area (Å²) in [7, 11) is 0. The Morgan fingerprint density at radius 2 is 1.63 bits per heavy atom. The third-order valence-corrected chi connectivity index (χ3v) is 5.78. The minimum absolute atomic E-state index is 0.133. The molecule has 3 aliphatic rings. The van der Waals surface area contributed by atoms with Crippen LogP contribution in [0, 0.1) is 0 Å². The van der Waals surface area contributed by atoms with E-state index >= 15 is 0 Å². The molecule has 1 aromatic carbocycles. The molecular formula is C22H31NO4. The van der Waals surface area contributed by atoms with E-state index in [0.29, 0.717) is 6.04 Å². The number of carbonyl (C=O) groups excluding carboxylic acids is 1. The first-order chi connectivity index (χ1) is 13.1. The third-order valence-electron chi connectivity index (χ3n) is 5.78. The van der Waals surface area contributed by atoms with Crippen LogP contribution < -0.4 is 4.74 Å². The summed E-state index contributed by atoms with van der Waals surface area (Å²) in [6.45, 7) is 5.59. The van der Waals surface area contributed by atoms with Crippen LogP contribution in [0.4, 0.5) is 0 Å². The molecule has 0 unspecified atom stereocenters. The van der Waals surface area contributed by atoms with Gasteiger partial charge in [0.1, 0.15) is 5.75 Å². The van der Waals surface area contributed by atoms with Gasteiger partial charge in [-0.3, -0.25) is 4.79 Å².